The molecule has 2 N–H and O–H groups in total. The molecule has 10 nitrogen and oxygen atoms in total. The van der Waals surface area contributed by atoms with E-state index in [9.17, 15) is 9.59 Å². The number of aromatic amines is 2. The monoisotopic (exact) mass is 698 g/mol. The summed E-state index contributed by atoms with van der Waals surface area (Å²) in [7, 11) is 7.85. The number of rotatable bonds is 12. The van der Waals surface area contributed by atoms with E-state index in [1.54, 1.807) is 0 Å². The highest BCUT2D eigenvalue weighted by atomic mass is 16.2. The van der Waals surface area contributed by atoms with Gasteiger partial charge in [0.05, 0.1) is 23.5 Å². The molecule has 0 spiro atoms. The fourth-order valence-corrected chi connectivity index (χ4v) is 7.98. The lowest BCUT2D eigenvalue weighted by atomic mass is 10.0. The molecule has 4 heterocycles. The Morgan fingerprint density at radius 1 is 0.673 bits per heavy atom. The molecule has 4 atom stereocenters. The van der Waals surface area contributed by atoms with Crippen molar-refractivity contribution >= 4 is 11.8 Å². The van der Waals surface area contributed by atoms with Crippen molar-refractivity contribution in [3.63, 3.8) is 0 Å². The molecule has 0 saturated carbocycles. The number of hydrogen-bond acceptors (Lipinski definition) is 6. The Kier molecular flexibility index (Phi) is 10.7. The van der Waals surface area contributed by atoms with E-state index in [1.165, 1.54) is 5.56 Å². The van der Waals surface area contributed by atoms with Gasteiger partial charge in [-0.3, -0.25) is 19.4 Å². The van der Waals surface area contributed by atoms with Crippen molar-refractivity contribution in [2.45, 2.75) is 62.7 Å². The molecule has 0 unspecified atom stereocenters. The molecule has 2 aliphatic rings. The Hall–Kier alpha value is -5.06. The van der Waals surface area contributed by atoms with Crippen LogP contribution >= 0.6 is 0 Å². The summed E-state index contributed by atoms with van der Waals surface area (Å²) in [5.74, 6) is 1.94. The SMILES string of the molecule is CN(C)[C@@H](C(=O)N1CCC[C@H]1c1nc(CCc2ccc(-c3c[nH]c([C@@H]4CCCN4C(=O)[C@@H](c4ccccc4)N(C)C)n3)cc2)c[nH]1)c1ccccc1. The maximum atomic E-state index is 13.9. The van der Waals surface area contributed by atoms with Crippen LogP contribution in [0.15, 0.2) is 97.3 Å². The lowest BCUT2D eigenvalue weighted by molar-refractivity contribution is -0.138. The summed E-state index contributed by atoms with van der Waals surface area (Å²) in [6.07, 6.45) is 9.32. The largest absolute Gasteiger partial charge is 0.347 e. The van der Waals surface area contributed by atoms with Crippen LogP contribution in [0.5, 0.6) is 0 Å². The van der Waals surface area contributed by atoms with Gasteiger partial charge < -0.3 is 19.8 Å². The van der Waals surface area contributed by atoms with Crippen molar-refractivity contribution in [1.29, 1.82) is 0 Å². The van der Waals surface area contributed by atoms with Gasteiger partial charge in [-0.15, -0.1) is 0 Å². The third-order valence-corrected chi connectivity index (χ3v) is 10.6. The van der Waals surface area contributed by atoms with Gasteiger partial charge in [-0.1, -0.05) is 84.9 Å². The normalized spacial score (nSPS) is 18.7. The van der Waals surface area contributed by atoms with Gasteiger partial charge in [-0.2, -0.15) is 0 Å². The molecule has 7 rings (SSSR count). The Morgan fingerprint density at radius 3 is 1.69 bits per heavy atom. The number of nitrogens with one attached hydrogen (secondary N) is 2. The summed E-state index contributed by atoms with van der Waals surface area (Å²) in [4.78, 5) is 52.5. The Balaban J connectivity index is 0.970. The summed E-state index contributed by atoms with van der Waals surface area (Å²) in [5, 5.41) is 0. The van der Waals surface area contributed by atoms with Crippen LogP contribution in [-0.2, 0) is 22.4 Å². The van der Waals surface area contributed by atoms with Gasteiger partial charge in [0.15, 0.2) is 0 Å². The van der Waals surface area contributed by atoms with E-state index < -0.39 is 0 Å². The number of aryl methyl sites for hydroxylation is 2. The predicted octanol–water partition coefficient (Wildman–Crippen LogP) is 6.52. The van der Waals surface area contributed by atoms with E-state index in [-0.39, 0.29) is 36.0 Å². The first kappa shape index (κ1) is 35.3. The number of likely N-dealkylation sites (N-methyl/N-ethyl adjacent to an activating group) is 2. The molecule has 0 aliphatic carbocycles. The van der Waals surface area contributed by atoms with Crippen LogP contribution in [0.4, 0.5) is 0 Å². The number of amides is 2. The summed E-state index contributed by atoms with van der Waals surface area (Å²) in [6.45, 7) is 1.47. The minimum Gasteiger partial charge on any atom is -0.347 e. The molecular weight excluding hydrogens is 649 g/mol. The fraction of sp³-hybridized carbons (Fsp3) is 0.381. The second kappa shape index (κ2) is 15.7. The van der Waals surface area contributed by atoms with Gasteiger partial charge >= 0.3 is 0 Å². The first-order valence-corrected chi connectivity index (χ1v) is 18.5. The number of hydrogen-bond donors (Lipinski definition) is 2. The molecular formula is C42H50N8O2. The first-order chi connectivity index (χ1) is 25.3. The van der Waals surface area contributed by atoms with Crippen LogP contribution < -0.4 is 0 Å². The molecule has 2 saturated heterocycles. The number of benzene rings is 3. The van der Waals surface area contributed by atoms with Crippen molar-refractivity contribution in [3.05, 3.63) is 131 Å². The van der Waals surface area contributed by atoms with Crippen LogP contribution in [0.3, 0.4) is 0 Å². The third kappa shape index (κ3) is 7.45. The summed E-state index contributed by atoms with van der Waals surface area (Å²) in [6, 6.07) is 27.8. The molecule has 10 heteroatoms. The second-order valence-electron chi connectivity index (χ2n) is 14.6. The van der Waals surface area contributed by atoms with Gasteiger partial charge in [0.1, 0.15) is 23.7 Å². The number of carbonyl (C=O) groups is 2. The number of imidazole rings is 2. The highest BCUT2D eigenvalue weighted by molar-refractivity contribution is 5.84. The second-order valence-corrected chi connectivity index (χ2v) is 14.6. The molecule has 0 radical (unpaired) electrons. The molecule has 2 aliphatic heterocycles. The number of carbonyl (C=O) groups excluding carboxylic acids is 2. The van der Waals surface area contributed by atoms with Crippen molar-refractivity contribution in [2.75, 3.05) is 41.3 Å². The Bertz CT molecular complexity index is 1940. The maximum absolute atomic E-state index is 13.9. The molecule has 5 aromatic rings. The third-order valence-electron chi connectivity index (χ3n) is 10.6. The van der Waals surface area contributed by atoms with E-state index in [2.05, 4.69) is 34.2 Å². The standard InChI is InChI=1S/C42H50N8O2/c1-47(2)37(31-13-7-5-8-14-31)41(51)49-25-11-17-35(49)39-43-27-33(45-39)24-21-29-19-22-30(23-20-29)34-28-44-40(46-34)36-18-12-26-50(36)42(52)38(48(3)4)32-15-9-6-10-16-32/h5-10,13-16,19-20,22-23,27-28,35-38H,11-12,17-18,21,24-26H2,1-4H3,(H,43,45)(H,44,46)/t35-,36-,37+,38+/m0/s1. The lowest BCUT2D eigenvalue weighted by Gasteiger charge is -2.31. The maximum Gasteiger partial charge on any atom is 0.245 e. The average Bonchev–Trinajstić information content (AvgIpc) is 3.98. The number of likely N-dealkylation sites (tertiary alicyclic amines) is 2. The van der Waals surface area contributed by atoms with E-state index >= 15 is 0 Å². The molecule has 270 valence electrons. The van der Waals surface area contributed by atoms with E-state index in [1.807, 2.05) is 121 Å². The minimum absolute atomic E-state index is 0.0434. The summed E-state index contributed by atoms with van der Waals surface area (Å²) >= 11 is 0. The van der Waals surface area contributed by atoms with E-state index in [0.717, 1.165) is 91.3 Å². The van der Waals surface area contributed by atoms with Crippen LogP contribution in [0.2, 0.25) is 0 Å². The lowest BCUT2D eigenvalue weighted by Crippen LogP contribution is -2.40. The zero-order valence-corrected chi connectivity index (χ0v) is 30.7. The summed E-state index contributed by atoms with van der Waals surface area (Å²) in [5.41, 5.74) is 6.15. The van der Waals surface area contributed by atoms with Gasteiger partial charge in [-0.05, 0) is 83.4 Å². The van der Waals surface area contributed by atoms with E-state index in [4.69, 9.17) is 9.97 Å². The van der Waals surface area contributed by atoms with Crippen molar-refractivity contribution in [2.24, 2.45) is 0 Å². The van der Waals surface area contributed by atoms with Crippen LogP contribution in [0, 0.1) is 0 Å². The fourth-order valence-electron chi connectivity index (χ4n) is 7.98. The van der Waals surface area contributed by atoms with Gasteiger partial charge in [0, 0.05) is 31.0 Å². The van der Waals surface area contributed by atoms with Crippen LogP contribution in [0.1, 0.15) is 83.9 Å². The smallest absolute Gasteiger partial charge is 0.245 e. The Labute approximate surface area is 306 Å². The number of H-pyrrole nitrogens is 2. The molecule has 52 heavy (non-hydrogen) atoms. The highest BCUT2D eigenvalue weighted by Crippen LogP contribution is 2.36. The van der Waals surface area contributed by atoms with Gasteiger partial charge in [0.25, 0.3) is 0 Å². The molecule has 0 bridgehead atoms. The zero-order valence-electron chi connectivity index (χ0n) is 30.7. The highest BCUT2D eigenvalue weighted by Gasteiger charge is 2.38. The van der Waals surface area contributed by atoms with Crippen LogP contribution in [-0.4, -0.2) is 92.6 Å². The van der Waals surface area contributed by atoms with Crippen molar-refractivity contribution in [3.8, 4) is 11.3 Å². The van der Waals surface area contributed by atoms with Crippen molar-refractivity contribution < 1.29 is 9.59 Å². The predicted molar refractivity (Wildman–Crippen MR) is 203 cm³/mol. The molecule has 2 fully saturated rings. The van der Waals surface area contributed by atoms with Gasteiger partial charge in [0.2, 0.25) is 11.8 Å². The van der Waals surface area contributed by atoms with Crippen molar-refractivity contribution in [1.82, 2.24) is 39.5 Å². The number of aromatic nitrogens is 4. The summed E-state index contributed by atoms with van der Waals surface area (Å²) < 4.78 is 0. The molecule has 2 amide bonds. The van der Waals surface area contributed by atoms with Crippen LogP contribution in [0.25, 0.3) is 11.3 Å². The van der Waals surface area contributed by atoms with Gasteiger partial charge in [-0.25, -0.2) is 9.97 Å². The van der Waals surface area contributed by atoms with E-state index in [0.29, 0.717) is 0 Å². The Morgan fingerprint density at radius 2 is 1.17 bits per heavy atom. The minimum atomic E-state index is -0.334. The molecule has 2 aromatic heterocycles. The first-order valence-electron chi connectivity index (χ1n) is 18.5. The molecule has 3 aromatic carbocycles. The quantitative estimate of drug-likeness (QED) is 0.154. The zero-order chi connectivity index (χ0) is 36.2. The topological polar surface area (TPSA) is 104 Å². The number of nitrogens with zero attached hydrogens (tertiary/aromatic N) is 6. The average molecular weight is 699 g/mol.